The third-order valence-corrected chi connectivity index (χ3v) is 4.13. The van der Waals surface area contributed by atoms with E-state index in [2.05, 4.69) is 21.2 Å². The summed E-state index contributed by atoms with van der Waals surface area (Å²) in [6.45, 7) is 0.420. The summed E-state index contributed by atoms with van der Waals surface area (Å²) in [5.41, 5.74) is 5.69. The van der Waals surface area contributed by atoms with Crippen LogP contribution in [0.4, 0.5) is 10.1 Å². The SMILES string of the molecule is Nc1cc(C(=O)NCC2CCCC2O)c(Br)cc1F. The molecule has 4 nitrogen and oxygen atoms in total. The summed E-state index contributed by atoms with van der Waals surface area (Å²) in [6.07, 6.45) is 2.33. The summed E-state index contributed by atoms with van der Waals surface area (Å²) in [5.74, 6) is -0.784. The third kappa shape index (κ3) is 3.25. The van der Waals surface area contributed by atoms with Gasteiger partial charge in [-0.3, -0.25) is 4.79 Å². The second kappa shape index (κ2) is 5.88. The van der Waals surface area contributed by atoms with Crippen LogP contribution >= 0.6 is 15.9 Å². The number of benzene rings is 1. The van der Waals surface area contributed by atoms with Crippen LogP contribution in [0.2, 0.25) is 0 Å². The Labute approximate surface area is 119 Å². The number of anilines is 1. The summed E-state index contributed by atoms with van der Waals surface area (Å²) in [4.78, 5) is 12.0. The number of nitrogen functional groups attached to an aromatic ring is 1. The van der Waals surface area contributed by atoms with E-state index in [0.717, 1.165) is 19.3 Å². The number of nitrogens with two attached hydrogens (primary N) is 1. The van der Waals surface area contributed by atoms with E-state index in [4.69, 9.17) is 5.73 Å². The Bertz CT molecular complexity index is 496. The van der Waals surface area contributed by atoms with Gasteiger partial charge in [-0.05, 0) is 40.9 Å². The summed E-state index contributed by atoms with van der Waals surface area (Å²) < 4.78 is 13.6. The van der Waals surface area contributed by atoms with Crippen molar-refractivity contribution in [1.29, 1.82) is 0 Å². The molecule has 1 saturated carbocycles. The number of halogens is 2. The largest absolute Gasteiger partial charge is 0.396 e. The fourth-order valence-electron chi connectivity index (χ4n) is 2.31. The number of aliphatic hydroxyl groups is 1. The maximum atomic E-state index is 13.2. The van der Waals surface area contributed by atoms with E-state index in [1.54, 1.807) is 0 Å². The molecule has 0 bridgehead atoms. The Balaban J connectivity index is 2.02. The van der Waals surface area contributed by atoms with E-state index >= 15 is 0 Å². The Hall–Kier alpha value is -1.14. The highest BCUT2D eigenvalue weighted by Gasteiger charge is 2.25. The lowest BCUT2D eigenvalue weighted by molar-refractivity contribution is 0.0916. The Morgan fingerprint density at radius 1 is 1.53 bits per heavy atom. The molecule has 0 spiro atoms. The first kappa shape index (κ1) is 14.3. The normalized spacial score (nSPS) is 22.5. The molecule has 6 heteroatoms. The molecule has 104 valence electrons. The minimum Gasteiger partial charge on any atom is -0.396 e. The van der Waals surface area contributed by atoms with Crippen LogP contribution in [-0.2, 0) is 0 Å². The van der Waals surface area contributed by atoms with Gasteiger partial charge in [0, 0.05) is 16.9 Å². The maximum Gasteiger partial charge on any atom is 0.252 e. The monoisotopic (exact) mass is 330 g/mol. The van der Waals surface area contributed by atoms with Crippen LogP contribution in [-0.4, -0.2) is 23.7 Å². The molecule has 0 saturated heterocycles. The van der Waals surface area contributed by atoms with E-state index in [1.807, 2.05) is 0 Å². The molecule has 2 unspecified atom stereocenters. The molecule has 1 fully saturated rings. The van der Waals surface area contributed by atoms with Gasteiger partial charge in [0.15, 0.2) is 0 Å². The summed E-state index contributed by atoms with van der Waals surface area (Å²) >= 11 is 3.14. The first-order chi connectivity index (χ1) is 8.99. The topological polar surface area (TPSA) is 75.4 Å². The van der Waals surface area contributed by atoms with Crippen LogP contribution in [0.3, 0.4) is 0 Å². The van der Waals surface area contributed by atoms with Crippen molar-refractivity contribution in [2.24, 2.45) is 5.92 Å². The van der Waals surface area contributed by atoms with E-state index in [9.17, 15) is 14.3 Å². The van der Waals surface area contributed by atoms with Crippen molar-refractivity contribution in [3.8, 4) is 0 Å². The minimum atomic E-state index is -0.561. The molecule has 1 aromatic rings. The maximum absolute atomic E-state index is 13.2. The van der Waals surface area contributed by atoms with Crippen molar-refractivity contribution >= 4 is 27.5 Å². The molecular formula is C13H16BrFN2O2. The predicted molar refractivity (Wildman–Crippen MR) is 74.2 cm³/mol. The average Bonchev–Trinajstić information content (AvgIpc) is 2.76. The van der Waals surface area contributed by atoms with Crippen molar-refractivity contribution < 1.29 is 14.3 Å². The highest BCUT2D eigenvalue weighted by molar-refractivity contribution is 9.10. The molecule has 1 aliphatic carbocycles. The smallest absolute Gasteiger partial charge is 0.252 e. The standard InChI is InChI=1S/C13H16BrFN2O2/c14-9-5-10(15)11(16)4-8(9)13(19)17-6-7-2-1-3-12(7)18/h4-5,7,12,18H,1-3,6,16H2,(H,17,19). The fourth-order valence-corrected chi connectivity index (χ4v) is 2.81. The molecule has 4 N–H and O–H groups in total. The predicted octanol–water partition coefficient (Wildman–Crippen LogP) is 2.06. The zero-order valence-electron chi connectivity index (χ0n) is 10.3. The van der Waals surface area contributed by atoms with Gasteiger partial charge in [-0.2, -0.15) is 0 Å². The average molecular weight is 331 g/mol. The van der Waals surface area contributed by atoms with Crippen molar-refractivity contribution in [1.82, 2.24) is 5.32 Å². The number of rotatable bonds is 3. The number of carbonyl (C=O) groups excluding carboxylic acids is 1. The van der Waals surface area contributed by atoms with E-state index in [-0.39, 0.29) is 23.6 Å². The molecule has 1 aromatic carbocycles. The first-order valence-corrected chi connectivity index (χ1v) is 6.99. The number of carbonyl (C=O) groups is 1. The van der Waals surface area contributed by atoms with Gasteiger partial charge in [-0.25, -0.2) is 4.39 Å². The van der Waals surface area contributed by atoms with Crippen LogP contribution in [0.5, 0.6) is 0 Å². The molecule has 1 aliphatic rings. The number of amides is 1. The molecule has 0 radical (unpaired) electrons. The van der Waals surface area contributed by atoms with Crippen molar-refractivity contribution in [2.75, 3.05) is 12.3 Å². The van der Waals surface area contributed by atoms with Gasteiger partial charge in [0.2, 0.25) is 0 Å². The van der Waals surface area contributed by atoms with Crippen molar-refractivity contribution in [2.45, 2.75) is 25.4 Å². The molecule has 2 atom stereocenters. The van der Waals surface area contributed by atoms with Crippen LogP contribution < -0.4 is 11.1 Å². The lowest BCUT2D eigenvalue weighted by Crippen LogP contribution is -2.32. The van der Waals surface area contributed by atoms with Gasteiger partial charge in [0.1, 0.15) is 5.82 Å². The number of hydrogen-bond donors (Lipinski definition) is 3. The third-order valence-electron chi connectivity index (χ3n) is 3.47. The lowest BCUT2D eigenvalue weighted by atomic mass is 10.1. The number of aliphatic hydroxyl groups excluding tert-OH is 1. The van der Waals surface area contributed by atoms with E-state index < -0.39 is 5.82 Å². The van der Waals surface area contributed by atoms with Gasteiger partial charge in [0.25, 0.3) is 5.91 Å². The second-order valence-corrected chi connectivity index (χ2v) is 5.68. The van der Waals surface area contributed by atoms with Gasteiger partial charge in [-0.1, -0.05) is 6.42 Å². The first-order valence-electron chi connectivity index (χ1n) is 6.20. The quantitative estimate of drug-likeness (QED) is 0.742. The van der Waals surface area contributed by atoms with E-state index in [0.29, 0.717) is 16.6 Å². The van der Waals surface area contributed by atoms with Crippen LogP contribution in [0.15, 0.2) is 16.6 Å². The molecule has 1 amide bonds. The lowest BCUT2D eigenvalue weighted by Gasteiger charge is -2.15. The Morgan fingerprint density at radius 3 is 2.89 bits per heavy atom. The molecule has 0 aliphatic heterocycles. The molecule has 19 heavy (non-hydrogen) atoms. The van der Waals surface area contributed by atoms with Crippen LogP contribution in [0.25, 0.3) is 0 Å². The molecule has 0 heterocycles. The number of nitrogens with one attached hydrogen (secondary N) is 1. The van der Waals surface area contributed by atoms with Gasteiger partial charge < -0.3 is 16.2 Å². The van der Waals surface area contributed by atoms with Crippen LogP contribution in [0.1, 0.15) is 29.6 Å². The van der Waals surface area contributed by atoms with Crippen LogP contribution in [0, 0.1) is 11.7 Å². The van der Waals surface area contributed by atoms with Gasteiger partial charge in [-0.15, -0.1) is 0 Å². The zero-order chi connectivity index (χ0) is 14.0. The van der Waals surface area contributed by atoms with Gasteiger partial charge >= 0.3 is 0 Å². The highest BCUT2D eigenvalue weighted by atomic mass is 79.9. The summed E-state index contributed by atoms with van der Waals surface area (Å²) in [5, 5.41) is 12.4. The molecule has 2 rings (SSSR count). The second-order valence-electron chi connectivity index (χ2n) is 4.82. The van der Waals surface area contributed by atoms with E-state index in [1.165, 1.54) is 12.1 Å². The highest BCUT2D eigenvalue weighted by Crippen LogP contribution is 2.26. The number of hydrogen-bond acceptors (Lipinski definition) is 3. The fraction of sp³-hybridized carbons (Fsp3) is 0.462. The Morgan fingerprint density at radius 2 is 2.26 bits per heavy atom. The molecule has 0 aromatic heterocycles. The van der Waals surface area contributed by atoms with Crippen molar-refractivity contribution in [3.63, 3.8) is 0 Å². The Kier molecular flexibility index (Phi) is 4.42. The zero-order valence-corrected chi connectivity index (χ0v) is 11.9. The molecular weight excluding hydrogens is 315 g/mol. The van der Waals surface area contributed by atoms with Crippen molar-refractivity contribution in [3.05, 3.63) is 28.0 Å². The minimum absolute atomic E-state index is 0.0609. The van der Waals surface area contributed by atoms with Gasteiger partial charge in [0.05, 0.1) is 17.4 Å². The summed E-state index contributed by atoms with van der Waals surface area (Å²) in [6, 6.07) is 2.48. The summed E-state index contributed by atoms with van der Waals surface area (Å²) in [7, 11) is 0.